The molecule has 0 fully saturated rings. The number of hydrogen-bond acceptors (Lipinski definition) is 3. The molecule has 0 spiro atoms. The molecule has 0 aliphatic heterocycles. The van der Waals surface area contributed by atoms with Gasteiger partial charge in [0.15, 0.2) is 0 Å². The first kappa shape index (κ1) is 8.32. The maximum Gasteiger partial charge on any atom is 0.340 e. The molecule has 0 unspecified atom stereocenters. The van der Waals surface area contributed by atoms with Crippen LogP contribution in [-0.2, 0) is 0 Å². The van der Waals surface area contributed by atoms with E-state index in [9.17, 15) is 9.18 Å². The molecule has 1 rings (SSSR count). The number of carboxylic acid groups (broad SMARTS) is 1. The lowest BCUT2D eigenvalue weighted by molar-refractivity contribution is 0.0699. The van der Waals surface area contributed by atoms with Gasteiger partial charge < -0.3 is 16.6 Å². The summed E-state index contributed by atoms with van der Waals surface area (Å²) < 4.78 is 12.7. The Balaban J connectivity index is 3.43. The van der Waals surface area contributed by atoms with Crippen LogP contribution in [-0.4, -0.2) is 11.1 Å². The summed E-state index contributed by atoms with van der Waals surface area (Å²) in [6.45, 7) is 0. The van der Waals surface area contributed by atoms with Gasteiger partial charge in [-0.05, 0) is 12.1 Å². The van der Waals surface area contributed by atoms with E-state index in [-0.39, 0.29) is 11.3 Å². The molecule has 0 aromatic heterocycles. The van der Waals surface area contributed by atoms with Crippen molar-refractivity contribution < 1.29 is 14.3 Å². The predicted molar refractivity (Wildman–Crippen MR) is 42.2 cm³/mol. The van der Waals surface area contributed by atoms with Crippen molar-refractivity contribution >= 4 is 17.3 Å². The highest BCUT2D eigenvalue weighted by molar-refractivity contribution is 5.99. The van der Waals surface area contributed by atoms with Gasteiger partial charge in [0.1, 0.15) is 11.4 Å². The van der Waals surface area contributed by atoms with Gasteiger partial charge in [-0.15, -0.1) is 0 Å². The van der Waals surface area contributed by atoms with Gasteiger partial charge in [-0.25, -0.2) is 9.18 Å². The van der Waals surface area contributed by atoms with Crippen LogP contribution in [0.15, 0.2) is 12.1 Å². The van der Waals surface area contributed by atoms with Crippen molar-refractivity contribution in [3.05, 3.63) is 23.5 Å². The van der Waals surface area contributed by atoms with Crippen LogP contribution in [0.5, 0.6) is 0 Å². The lowest BCUT2D eigenvalue weighted by Gasteiger charge is -2.04. The van der Waals surface area contributed by atoms with Crippen LogP contribution in [0.2, 0.25) is 0 Å². The van der Waals surface area contributed by atoms with Gasteiger partial charge in [0.25, 0.3) is 0 Å². The summed E-state index contributed by atoms with van der Waals surface area (Å²) in [5.74, 6) is -2.11. The van der Waals surface area contributed by atoms with E-state index in [0.717, 1.165) is 12.1 Å². The number of aromatic carboxylic acids is 1. The van der Waals surface area contributed by atoms with Crippen LogP contribution in [0.25, 0.3) is 0 Å². The number of nitrogen functional groups attached to an aromatic ring is 2. The fourth-order valence-electron chi connectivity index (χ4n) is 0.850. The average molecular weight is 170 g/mol. The van der Waals surface area contributed by atoms with Crippen molar-refractivity contribution in [2.24, 2.45) is 0 Å². The van der Waals surface area contributed by atoms with Gasteiger partial charge in [-0.3, -0.25) is 0 Å². The molecule has 1 aromatic rings. The van der Waals surface area contributed by atoms with E-state index in [1.54, 1.807) is 0 Å². The van der Waals surface area contributed by atoms with Crippen LogP contribution >= 0.6 is 0 Å². The van der Waals surface area contributed by atoms with E-state index < -0.39 is 17.5 Å². The fraction of sp³-hybridized carbons (Fsp3) is 0. The number of nitrogens with two attached hydrogens (primary N) is 2. The van der Waals surface area contributed by atoms with E-state index in [4.69, 9.17) is 16.6 Å². The molecule has 1 aromatic carbocycles. The number of carbonyl (C=O) groups is 1. The van der Waals surface area contributed by atoms with E-state index >= 15 is 0 Å². The number of anilines is 2. The Bertz CT molecular complexity index is 338. The molecule has 0 aliphatic carbocycles. The Labute approximate surface area is 67.6 Å². The van der Waals surface area contributed by atoms with Gasteiger partial charge in [-0.1, -0.05) is 0 Å². The van der Waals surface area contributed by atoms with Crippen LogP contribution in [0.3, 0.4) is 0 Å². The minimum Gasteiger partial charge on any atom is -0.478 e. The number of rotatable bonds is 1. The van der Waals surface area contributed by atoms with E-state index in [2.05, 4.69) is 0 Å². The maximum absolute atomic E-state index is 12.7. The first-order chi connectivity index (χ1) is 5.54. The van der Waals surface area contributed by atoms with Crippen LogP contribution < -0.4 is 11.5 Å². The molecule has 4 nitrogen and oxygen atoms in total. The first-order valence-electron chi connectivity index (χ1n) is 3.10. The largest absolute Gasteiger partial charge is 0.478 e. The van der Waals surface area contributed by atoms with Gasteiger partial charge >= 0.3 is 5.97 Å². The molecule has 0 radical (unpaired) electrons. The van der Waals surface area contributed by atoms with Crippen LogP contribution in [0.4, 0.5) is 15.8 Å². The highest BCUT2D eigenvalue weighted by Gasteiger charge is 2.14. The smallest absolute Gasteiger partial charge is 0.340 e. The van der Waals surface area contributed by atoms with Crippen molar-refractivity contribution in [2.75, 3.05) is 11.5 Å². The summed E-state index contributed by atoms with van der Waals surface area (Å²) in [5, 5.41) is 8.54. The number of hydrogen-bond donors (Lipinski definition) is 3. The van der Waals surface area contributed by atoms with Gasteiger partial charge in [0.05, 0.1) is 5.69 Å². The minimum absolute atomic E-state index is 0.0404. The summed E-state index contributed by atoms with van der Waals surface area (Å²) in [4.78, 5) is 10.5. The van der Waals surface area contributed by atoms with Crippen LogP contribution in [0.1, 0.15) is 10.4 Å². The highest BCUT2D eigenvalue weighted by atomic mass is 19.1. The molecular weight excluding hydrogens is 163 g/mol. The van der Waals surface area contributed by atoms with E-state index in [0.29, 0.717) is 0 Å². The second kappa shape index (κ2) is 2.69. The first-order valence-corrected chi connectivity index (χ1v) is 3.10. The molecule has 0 saturated carbocycles. The Kier molecular flexibility index (Phi) is 1.86. The molecule has 12 heavy (non-hydrogen) atoms. The molecule has 0 bridgehead atoms. The third-order valence-corrected chi connectivity index (χ3v) is 1.44. The molecular formula is C7H7FN2O2. The third-order valence-electron chi connectivity index (χ3n) is 1.44. The summed E-state index contributed by atoms with van der Waals surface area (Å²) in [5.41, 5.74) is 9.56. The summed E-state index contributed by atoms with van der Waals surface area (Å²) in [6.07, 6.45) is 0. The number of halogens is 1. The van der Waals surface area contributed by atoms with Crippen molar-refractivity contribution in [1.82, 2.24) is 0 Å². The standard InChI is InChI=1S/C7H7FN2O2/c8-3-1-2-4(9)5(6(3)10)7(11)12/h1-2H,9-10H2,(H,11,12). The quantitative estimate of drug-likeness (QED) is 0.541. The SMILES string of the molecule is Nc1ccc(F)c(N)c1C(=O)O. The van der Waals surface area contributed by atoms with Gasteiger partial charge in [0, 0.05) is 5.69 Å². The van der Waals surface area contributed by atoms with Gasteiger partial charge in [0.2, 0.25) is 0 Å². The molecule has 0 saturated heterocycles. The lowest BCUT2D eigenvalue weighted by atomic mass is 10.1. The van der Waals surface area contributed by atoms with E-state index in [1.807, 2.05) is 0 Å². The molecule has 0 heterocycles. The molecule has 64 valence electrons. The molecule has 5 N–H and O–H groups in total. The van der Waals surface area contributed by atoms with Crippen molar-refractivity contribution in [3.8, 4) is 0 Å². The number of carboxylic acids is 1. The Morgan fingerprint density at radius 3 is 2.42 bits per heavy atom. The third kappa shape index (κ3) is 1.16. The fourth-order valence-corrected chi connectivity index (χ4v) is 0.850. The normalized spacial score (nSPS) is 9.75. The second-order valence-electron chi connectivity index (χ2n) is 2.23. The monoisotopic (exact) mass is 170 g/mol. The molecule has 5 heteroatoms. The molecule has 0 aliphatic rings. The average Bonchev–Trinajstić information content (AvgIpc) is 1.97. The highest BCUT2D eigenvalue weighted by Crippen LogP contribution is 2.22. The Morgan fingerprint density at radius 1 is 1.42 bits per heavy atom. The minimum atomic E-state index is -1.33. The Hall–Kier alpha value is -1.78. The lowest BCUT2D eigenvalue weighted by Crippen LogP contribution is -2.08. The number of benzene rings is 1. The Morgan fingerprint density at radius 2 is 2.00 bits per heavy atom. The van der Waals surface area contributed by atoms with Crippen molar-refractivity contribution in [3.63, 3.8) is 0 Å². The van der Waals surface area contributed by atoms with Crippen LogP contribution in [0, 0.1) is 5.82 Å². The zero-order valence-electron chi connectivity index (χ0n) is 6.04. The van der Waals surface area contributed by atoms with Crippen molar-refractivity contribution in [2.45, 2.75) is 0 Å². The molecule has 0 atom stereocenters. The van der Waals surface area contributed by atoms with E-state index in [1.165, 1.54) is 0 Å². The van der Waals surface area contributed by atoms with Crippen molar-refractivity contribution in [1.29, 1.82) is 0 Å². The predicted octanol–water partition coefficient (Wildman–Crippen LogP) is 0.688. The zero-order chi connectivity index (χ0) is 9.30. The zero-order valence-corrected chi connectivity index (χ0v) is 6.04. The second-order valence-corrected chi connectivity index (χ2v) is 2.23. The summed E-state index contributed by atoms with van der Waals surface area (Å²) in [7, 11) is 0. The van der Waals surface area contributed by atoms with Gasteiger partial charge in [-0.2, -0.15) is 0 Å². The summed E-state index contributed by atoms with van der Waals surface area (Å²) in [6, 6.07) is 2.19. The topological polar surface area (TPSA) is 89.3 Å². The summed E-state index contributed by atoms with van der Waals surface area (Å²) >= 11 is 0. The maximum atomic E-state index is 12.7. The molecule has 0 amide bonds.